The van der Waals surface area contributed by atoms with Gasteiger partial charge >= 0.3 is 0 Å². The predicted molar refractivity (Wildman–Crippen MR) is 104 cm³/mol. The summed E-state index contributed by atoms with van der Waals surface area (Å²) in [5, 5.41) is 3.33. The maximum atomic E-state index is 12.1. The normalized spacial score (nSPS) is 18.1. The van der Waals surface area contributed by atoms with Crippen molar-refractivity contribution in [3.8, 4) is 0 Å². The van der Waals surface area contributed by atoms with E-state index >= 15 is 0 Å². The molecule has 1 heterocycles. The third-order valence-electron chi connectivity index (χ3n) is 3.72. The van der Waals surface area contributed by atoms with Gasteiger partial charge in [-0.2, -0.15) is 0 Å². The minimum atomic E-state index is -0.156. The Morgan fingerprint density at radius 2 is 1.96 bits per heavy atom. The molecule has 9 heteroatoms. The van der Waals surface area contributed by atoms with Crippen LogP contribution in [-0.4, -0.2) is 62.0 Å². The third kappa shape index (κ3) is 6.91. The number of hydrogen-bond donors (Lipinski definition) is 2. The number of likely N-dealkylation sites (N-methyl/N-ethyl adjacent to an activating group) is 2. The van der Waals surface area contributed by atoms with E-state index in [-0.39, 0.29) is 43.1 Å². The van der Waals surface area contributed by atoms with Gasteiger partial charge in [-0.15, -0.1) is 37.2 Å². The lowest BCUT2D eigenvalue weighted by Crippen LogP contribution is -2.54. The number of nitrogen functional groups attached to an aromatic ring is 1. The van der Waals surface area contributed by atoms with Crippen LogP contribution in [0.25, 0.3) is 0 Å². The second kappa shape index (κ2) is 11.2. The molecule has 5 nitrogen and oxygen atoms in total. The summed E-state index contributed by atoms with van der Waals surface area (Å²) in [4.78, 5) is 16.7. The van der Waals surface area contributed by atoms with Gasteiger partial charge in [-0.25, -0.2) is 0 Å². The second-order valence-electron chi connectivity index (χ2n) is 5.35. The van der Waals surface area contributed by atoms with Crippen LogP contribution in [0.15, 0.2) is 18.2 Å². The molecule has 1 aliphatic heterocycles. The van der Waals surface area contributed by atoms with Gasteiger partial charge in [-0.05, 0) is 32.3 Å². The first-order chi connectivity index (χ1) is 9.47. The minimum Gasteiger partial charge on any atom is -0.399 e. The molecule has 3 N–H and O–H groups in total. The van der Waals surface area contributed by atoms with Crippen LogP contribution in [0.5, 0.6) is 0 Å². The fourth-order valence-corrected chi connectivity index (χ4v) is 2.62. The maximum Gasteiger partial charge on any atom is 0.252 e. The first-order valence-electron chi connectivity index (χ1n) is 6.69. The number of anilines is 1. The number of benzene rings is 1. The number of nitrogens with zero attached hydrogens (tertiary/aromatic N) is 2. The zero-order valence-corrected chi connectivity index (χ0v) is 16.3. The summed E-state index contributed by atoms with van der Waals surface area (Å²) in [6.45, 7) is 3.64. The van der Waals surface area contributed by atoms with Crippen molar-refractivity contribution in [2.24, 2.45) is 0 Å². The largest absolute Gasteiger partial charge is 0.399 e. The standard InChI is InChI=1S/C14H21ClN4O.3ClH/c1-18-5-6-19(2)11(9-18)8-17-14(20)12-4-3-10(16)7-13(12)15;;;/h3-4,7,11H,5-6,8-9,16H2,1-2H3,(H,17,20);3*1H. The Balaban J connectivity index is 0. The summed E-state index contributed by atoms with van der Waals surface area (Å²) in [5.74, 6) is -0.156. The van der Waals surface area contributed by atoms with E-state index in [4.69, 9.17) is 17.3 Å². The molecular formula is C14H24Cl4N4O. The Hall–Kier alpha value is -0.430. The monoisotopic (exact) mass is 404 g/mol. The van der Waals surface area contributed by atoms with Crippen molar-refractivity contribution < 1.29 is 4.79 Å². The molecule has 1 aromatic carbocycles. The molecule has 1 atom stereocenters. The van der Waals surface area contributed by atoms with Gasteiger partial charge in [0.1, 0.15) is 0 Å². The molecule has 1 saturated heterocycles. The lowest BCUT2D eigenvalue weighted by Gasteiger charge is -2.37. The third-order valence-corrected chi connectivity index (χ3v) is 4.03. The SMILES string of the molecule is CN1CCN(C)C(CNC(=O)c2ccc(N)cc2Cl)C1.Cl.Cl.Cl. The Labute approximate surface area is 161 Å². The molecule has 0 aromatic heterocycles. The number of halogens is 4. The molecule has 0 bridgehead atoms. The van der Waals surface area contributed by atoms with Crippen molar-refractivity contribution in [1.29, 1.82) is 0 Å². The molecular weight excluding hydrogens is 382 g/mol. The number of hydrogen-bond acceptors (Lipinski definition) is 4. The smallest absolute Gasteiger partial charge is 0.252 e. The summed E-state index contributed by atoms with van der Waals surface area (Å²) in [6, 6.07) is 5.26. The zero-order chi connectivity index (χ0) is 14.7. The number of carbonyl (C=O) groups excluding carboxylic acids is 1. The van der Waals surface area contributed by atoms with Gasteiger partial charge in [0.25, 0.3) is 5.91 Å². The second-order valence-corrected chi connectivity index (χ2v) is 5.75. The summed E-state index contributed by atoms with van der Waals surface area (Å²) in [7, 11) is 4.18. The van der Waals surface area contributed by atoms with E-state index in [0.29, 0.717) is 28.9 Å². The van der Waals surface area contributed by atoms with Gasteiger partial charge in [0.15, 0.2) is 0 Å². The average Bonchev–Trinajstić information content (AvgIpc) is 2.39. The quantitative estimate of drug-likeness (QED) is 0.756. The van der Waals surface area contributed by atoms with Crippen LogP contribution in [0.2, 0.25) is 5.02 Å². The molecule has 0 radical (unpaired) electrons. The number of rotatable bonds is 3. The van der Waals surface area contributed by atoms with Crippen molar-refractivity contribution in [1.82, 2.24) is 15.1 Å². The van der Waals surface area contributed by atoms with Crippen LogP contribution < -0.4 is 11.1 Å². The molecule has 1 aliphatic rings. The number of amides is 1. The molecule has 23 heavy (non-hydrogen) atoms. The molecule has 1 aromatic rings. The number of carbonyl (C=O) groups is 1. The van der Waals surface area contributed by atoms with Crippen LogP contribution >= 0.6 is 48.8 Å². The van der Waals surface area contributed by atoms with Crippen LogP contribution in [-0.2, 0) is 0 Å². The summed E-state index contributed by atoms with van der Waals surface area (Å²) >= 11 is 6.04. The highest BCUT2D eigenvalue weighted by Crippen LogP contribution is 2.19. The van der Waals surface area contributed by atoms with E-state index in [0.717, 1.165) is 19.6 Å². The van der Waals surface area contributed by atoms with Crippen molar-refractivity contribution in [3.05, 3.63) is 28.8 Å². The van der Waals surface area contributed by atoms with Crippen LogP contribution in [0.3, 0.4) is 0 Å². The summed E-state index contributed by atoms with van der Waals surface area (Å²) < 4.78 is 0. The van der Waals surface area contributed by atoms with Gasteiger partial charge in [0.2, 0.25) is 0 Å². The molecule has 1 fully saturated rings. The van der Waals surface area contributed by atoms with Crippen LogP contribution in [0.1, 0.15) is 10.4 Å². The first-order valence-corrected chi connectivity index (χ1v) is 7.07. The Morgan fingerprint density at radius 1 is 1.30 bits per heavy atom. The van der Waals surface area contributed by atoms with Crippen molar-refractivity contribution >= 4 is 60.4 Å². The van der Waals surface area contributed by atoms with E-state index in [1.165, 1.54) is 0 Å². The fourth-order valence-electron chi connectivity index (χ4n) is 2.34. The zero-order valence-electron chi connectivity index (χ0n) is 13.1. The number of nitrogens with two attached hydrogens (primary N) is 1. The topological polar surface area (TPSA) is 61.6 Å². The highest BCUT2D eigenvalue weighted by atomic mass is 35.5. The van der Waals surface area contributed by atoms with Gasteiger partial charge in [0.05, 0.1) is 10.6 Å². The predicted octanol–water partition coefficient (Wildman–Crippen LogP) is 2.16. The van der Waals surface area contributed by atoms with E-state index < -0.39 is 0 Å². The van der Waals surface area contributed by atoms with E-state index in [1.54, 1.807) is 18.2 Å². The Morgan fingerprint density at radius 3 is 2.57 bits per heavy atom. The first kappa shape index (κ1) is 24.8. The molecule has 1 unspecified atom stereocenters. The van der Waals surface area contributed by atoms with Crippen molar-refractivity contribution in [2.75, 3.05) is 46.0 Å². The number of nitrogens with one attached hydrogen (secondary N) is 1. The molecule has 1 amide bonds. The van der Waals surface area contributed by atoms with Gasteiger partial charge in [-0.3, -0.25) is 9.69 Å². The summed E-state index contributed by atoms with van der Waals surface area (Å²) in [6.07, 6.45) is 0. The molecule has 0 aliphatic carbocycles. The highest BCUT2D eigenvalue weighted by molar-refractivity contribution is 6.34. The Bertz CT molecular complexity index is 504. The Kier molecular flexibility index (Phi) is 12.1. The van der Waals surface area contributed by atoms with E-state index in [9.17, 15) is 4.79 Å². The maximum absolute atomic E-state index is 12.1. The van der Waals surface area contributed by atoms with Crippen LogP contribution in [0.4, 0.5) is 5.69 Å². The van der Waals surface area contributed by atoms with Gasteiger partial charge < -0.3 is 16.0 Å². The molecule has 0 spiro atoms. The van der Waals surface area contributed by atoms with Crippen LogP contribution in [0, 0.1) is 0 Å². The molecule has 134 valence electrons. The fraction of sp³-hybridized carbons (Fsp3) is 0.500. The summed E-state index contributed by atoms with van der Waals surface area (Å²) in [5.41, 5.74) is 6.64. The van der Waals surface area contributed by atoms with Crippen molar-refractivity contribution in [2.45, 2.75) is 6.04 Å². The highest BCUT2D eigenvalue weighted by Gasteiger charge is 2.22. The molecule has 2 rings (SSSR count). The van der Waals surface area contributed by atoms with E-state index in [1.807, 2.05) is 0 Å². The number of piperazine rings is 1. The lowest BCUT2D eigenvalue weighted by molar-refractivity contribution is 0.0881. The molecule has 0 saturated carbocycles. The minimum absolute atomic E-state index is 0. The average molecular weight is 406 g/mol. The van der Waals surface area contributed by atoms with Gasteiger partial charge in [0, 0.05) is 37.9 Å². The van der Waals surface area contributed by atoms with E-state index in [2.05, 4.69) is 29.2 Å². The lowest BCUT2D eigenvalue weighted by atomic mass is 10.1. The van der Waals surface area contributed by atoms with Gasteiger partial charge in [-0.1, -0.05) is 11.6 Å². The van der Waals surface area contributed by atoms with Crippen molar-refractivity contribution in [3.63, 3.8) is 0 Å².